The lowest BCUT2D eigenvalue weighted by Crippen LogP contribution is -2.30. The van der Waals surface area contributed by atoms with Gasteiger partial charge in [0.1, 0.15) is 13.2 Å². The molecule has 358 valence electrons. The lowest BCUT2D eigenvalue weighted by Gasteiger charge is -2.18. The molecule has 1 atom stereocenters. The highest BCUT2D eigenvalue weighted by Gasteiger charge is 2.19. The topological polar surface area (TPSA) is 78.9 Å². The van der Waals surface area contributed by atoms with E-state index >= 15 is 0 Å². The molecule has 0 radical (unpaired) electrons. The van der Waals surface area contributed by atoms with Gasteiger partial charge in [0.2, 0.25) is 0 Å². The first-order chi connectivity index (χ1) is 31.0. The van der Waals surface area contributed by atoms with Crippen LogP contribution in [0.5, 0.6) is 0 Å². The summed E-state index contributed by atoms with van der Waals surface area (Å²) in [5, 5.41) is 0. The SMILES string of the molecule is CC/C=C\C/C=C\C/C=C\CCCCCCCCC(=O)OC(COC(=O)CCCCC/C=C\C=C/CCCC)COC(=O)CCCCCCC\C=C/C=C\C=C/CCCCCCC. The van der Waals surface area contributed by atoms with Gasteiger partial charge >= 0.3 is 17.9 Å². The fourth-order valence-corrected chi connectivity index (χ4v) is 6.73. The highest BCUT2D eigenvalue weighted by Crippen LogP contribution is 2.13. The van der Waals surface area contributed by atoms with Gasteiger partial charge in [-0.3, -0.25) is 14.4 Å². The maximum absolute atomic E-state index is 12.8. The quantitative estimate of drug-likeness (QED) is 0.0199. The van der Waals surface area contributed by atoms with Crippen molar-refractivity contribution in [2.24, 2.45) is 0 Å². The van der Waals surface area contributed by atoms with E-state index in [1.807, 2.05) is 0 Å². The van der Waals surface area contributed by atoms with Crippen LogP contribution in [0.3, 0.4) is 0 Å². The molecule has 0 aromatic heterocycles. The second-order valence-electron chi connectivity index (χ2n) is 16.8. The van der Waals surface area contributed by atoms with Crippen LogP contribution in [0.25, 0.3) is 0 Å². The zero-order valence-electron chi connectivity index (χ0n) is 40.8. The maximum Gasteiger partial charge on any atom is 0.306 e. The van der Waals surface area contributed by atoms with Gasteiger partial charge in [-0.1, -0.05) is 208 Å². The molecule has 63 heavy (non-hydrogen) atoms. The number of esters is 3. The van der Waals surface area contributed by atoms with Crippen LogP contribution in [0.4, 0.5) is 0 Å². The first-order valence-corrected chi connectivity index (χ1v) is 25.8. The largest absolute Gasteiger partial charge is 0.462 e. The van der Waals surface area contributed by atoms with Crippen molar-refractivity contribution in [2.45, 2.75) is 232 Å². The van der Waals surface area contributed by atoms with Crippen molar-refractivity contribution in [2.75, 3.05) is 13.2 Å². The van der Waals surface area contributed by atoms with E-state index in [-0.39, 0.29) is 31.1 Å². The Balaban J connectivity index is 4.47. The Kier molecular flexibility index (Phi) is 48.0. The van der Waals surface area contributed by atoms with Gasteiger partial charge in [-0.05, 0) is 96.3 Å². The minimum absolute atomic E-state index is 0.103. The highest BCUT2D eigenvalue weighted by molar-refractivity contribution is 5.71. The summed E-state index contributed by atoms with van der Waals surface area (Å²) in [5.41, 5.74) is 0. The zero-order valence-corrected chi connectivity index (χ0v) is 40.8. The number of ether oxygens (including phenoxy) is 3. The van der Waals surface area contributed by atoms with Gasteiger partial charge in [-0.2, -0.15) is 0 Å². The van der Waals surface area contributed by atoms with Gasteiger partial charge in [0.15, 0.2) is 6.10 Å². The number of rotatable bonds is 45. The average Bonchev–Trinajstić information content (AvgIpc) is 3.28. The standard InChI is InChI=1S/C57H94O6/c1-4-7-10-13-16-19-22-24-26-28-29-31-32-35-38-41-44-47-50-56(59)62-53-54(52-61-55(58)49-46-43-40-37-34-21-18-15-12-9-6-3)63-57(60)51-48-45-42-39-36-33-30-27-25-23-20-17-14-11-8-5-2/h8,11,15,17-18,20-22,24-29,31,34,54H,4-7,9-10,12-14,16,19,23,30,32-33,35-53H2,1-3H3/b11-8-,18-15-,20-17-,24-22-,27-25-,28-26-,31-29-,34-21-. The molecule has 0 aliphatic rings. The van der Waals surface area contributed by atoms with E-state index in [0.29, 0.717) is 19.3 Å². The van der Waals surface area contributed by atoms with E-state index in [2.05, 4.69) is 118 Å². The third-order valence-electron chi connectivity index (χ3n) is 10.6. The number of hydrogen-bond donors (Lipinski definition) is 0. The molecule has 0 spiro atoms. The maximum atomic E-state index is 12.8. The summed E-state index contributed by atoms with van der Waals surface area (Å²) in [4.78, 5) is 37.9. The van der Waals surface area contributed by atoms with Crippen LogP contribution >= 0.6 is 0 Å². The minimum Gasteiger partial charge on any atom is -0.462 e. The van der Waals surface area contributed by atoms with Crippen LogP contribution in [-0.2, 0) is 28.6 Å². The van der Waals surface area contributed by atoms with Gasteiger partial charge in [0, 0.05) is 19.3 Å². The zero-order chi connectivity index (χ0) is 45.8. The molecule has 6 nitrogen and oxygen atoms in total. The van der Waals surface area contributed by atoms with E-state index in [4.69, 9.17) is 14.2 Å². The molecular weight excluding hydrogens is 781 g/mol. The van der Waals surface area contributed by atoms with Crippen LogP contribution in [-0.4, -0.2) is 37.2 Å². The van der Waals surface area contributed by atoms with Crippen molar-refractivity contribution in [3.05, 3.63) is 97.2 Å². The van der Waals surface area contributed by atoms with Crippen molar-refractivity contribution >= 4 is 17.9 Å². The van der Waals surface area contributed by atoms with Gasteiger partial charge in [-0.15, -0.1) is 0 Å². The molecule has 0 saturated carbocycles. The van der Waals surface area contributed by atoms with E-state index in [9.17, 15) is 14.4 Å². The lowest BCUT2D eigenvalue weighted by molar-refractivity contribution is -0.167. The summed E-state index contributed by atoms with van der Waals surface area (Å²) in [6, 6.07) is 0. The van der Waals surface area contributed by atoms with Gasteiger partial charge in [0.05, 0.1) is 0 Å². The van der Waals surface area contributed by atoms with Crippen molar-refractivity contribution in [3.8, 4) is 0 Å². The van der Waals surface area contributed by atoms with Crippen LogP contribution in [0.1, 0.15) is 226 Å². The average molecular weight is 875 g/mol. The Labute approximate surface area is 387 Å². The van der Waals surface area contributed by atoms with Gasteiger partial charge < -0.3 is 14.2 Å². The Morgan fingerprint density at radius 2 is 0.698 bits per heavy atom. The molecule has 0 aromatic rings. The second kappa shape index (κ2) is 51.0. The molecule has 0 heterocycles. The Bertz CT molecular complexity index is 1280. The first-order valence-electron chi connectivity index (χ1n) is 25.8. The van der Waals surface area contributed by atoms with E-state index in [1.165, 1.54) is 57.8 Å². The Hall–Kier alpha value is -3.67. The molecule has 0 saturated heterocycles. The minimum atomic E-state index is -0.804. The Morgan fingerprint density at radius 1 is 0.349 bits per heavy atom. The number of carbonyl (C=O) groups excluding carboxylic acids is 3. The summed E-state index contributed by atoms with van der Waals surface area (Å²) in [5.74, 6) is -0.967. The number of carbonyl (C=O) groups is 3. The van der Waals surface area contributed by atoms with Crippen LogP contribution in [0, 0.1) is 0 Å². The summed E-state index contributed by atoms with van der Waals surface area (Å²) in [6.45, 7) is 6.39. The fourth-order valence-electron chi connectivity index (χ4n) is 6.73. The van der Waals surface area contributed by atoms with E-state index in [1.54, 1.807) is 0 Å². The summed E-state index contributed by atoms with van der Waals surface area (Å²) < 4.78 is 16.7. The molecule has 6 heteroatoms. The predicted molar refractivity (Wildman–Crippen MR) is 270 cm³/mol. The fraction of sp³-hybridized carbons (Fsp3) is 0.667. The predicted octanol–water partition coefficient (Wildman–Crippen LogP) is 17.0. The monoisotopic (exact) mass is 875 g/mol. The van der Waals surface area contributed by atoms with Gasteiger partial charge in [-0.25, -0.2) is 0 Å². The number of hydrogen-bond acceptors (Lipinski definition) is 6. The van der Waals surface area contributed by atoms with Crippen LogP contribution < -0.4 is 0 Å². The normalized spacial score (nSPS) is 12.9. The van der Waals surface area contributed by atoms with Crippen LogP contribution in [0.2, 0.25) is 0 Å². The lowest BCUT2D eigenvalue weighted by atomic mass is 10.1. The number of allylic oxidation sites excluding steroid dienone is 16. The van der Waals surface area contributed by atoms with Crippen molar-refractivity contribution in [1.82, 2.24) is 0 Å². The van der Waals surface area contributed by atoms with Gasteiger partial charge in [0.25, 0.3) is 0 Å². The molecule has 0 fully saturated rings. The van der Waals surface area contributed by atoms with E-state index in [0.717, 1.165) is 128 Å². The molecule has 0 rings (SSSR count). The molecule has 0 aliphatic carbocycles. The van der Waals surface area contributed by atoms with Crippen molar-refractivity contribution in [1.29, 1.82) is 0 Å². The van der Waals surface area contributed by atoms with Crippen molar-refractivity contribution in [3.63, 3.8) is 0 Å². The summed E-state index contributed by atoms with van der Waals surface area (Å²) in [7, 11) is 0. The molecule has 1 unspecified atom stereocenters. The van der Waals surface area contributed by atoms with E-state index < -0.39 is 6.10 Å². The molecule has 0 aliphatic heterocycles. The molecule has 0 aromatic carbocycles. The first kappa shape index (κ1) is 59.3. The highest BCUT2D eigenvalue weighted by atomic mass is 16.6. The summed E-state index contributed by atoms with van der Waals surface area (Å²) >= 11 is 0. The molecule has 0 bridgehead atoms. The second-order valence-corrected chi connectivity index (χ2v) is 16.8. The summed E-state index contributed by atoms with van der Waals surface area (Å²) in [6.07, 6.45) is 66.7. The Morgan fingerprint density at radius 3 is 1.17 bits per heavy atom. The molecule has 0 amide bonds. The smallest absolute Gasteiger partial charge is 0.306 e. The van der Waals surface area contributed by atoms with Crippen molar-refractivity contribution < 1.29 is 28.6 Å². The third-order valence-corrected chi connectivity index (χ3v) is 10.6. The molecular formula is C57H94O6. The number of unbranched alkanes of at least 4 members (excludes halogenated alkanes) is 21. The molecule has 0 N–H and O–H groups in total. The third kappa shape index (κ3) is 49.2. The van der Waals surface area contributed by atoms with Crippen LogP contribution in [0.15, 0.2) is 97.2 Å².